The molecule has 0 aliphatic heterocycles. The third-order valence-corrected chi connectivity index (χ3v) is 0.955. The number of nitrogens with two attached hydrogens (primary N) is 1. The fourth-order valence-corrected chi connectivity index (χ4v) is 0.418. The molecule has 5 nitrogen and oxygen atoms in total. The highest BCUT2D eigenvalue weighted by Gasteiger charge is 2.08. The monoisotopic (exact) mass is 148 g/mol. The summed E-state index contributed by atoms with van der Waals surface area (Å²) in [6, 6.07) is 0. The van der Waals surface area contributed by atoms with Gasteiger partial charge in [-0.1, -0.05) is 0 Å². The van der Waals surface area contributed by atoms with Gasteiger partial charge in [0.15, 0.2) is 0 Å². The predicted molar refractivity (Wildman–Crippen MR) is 35.2 cm³/mol. The van der Waals surface area contributed by atoms with Crippen LogP contribution in [-0.2, 0) is 4.79 Å². The minimum atomic E-state index is -1.16. The second kappa shape index (κ2) is 5.16. The van der Waals surface area contributed by atoms with Crippen LogP contribution in [0.15, 0.2) is 0 Å². The van der Waals surface area contributed by atoms with Gasteiger partial charge in [-0.15, -0.1) is 0 Å². The maximum Gasteiger partial charge on any atom is 0.247 e. The molecule has 0 aromatic heterocycles. The molecule has 60 valence electrons. The van der Waals surface area contributed by atoms with Gasteiger partial charge in [0.2, 0.25) is 5.91 Å². The Morgan fingerprint density at radius 3 is 2.70 bits per heavy atom. The van der Waals surface area contributed by atoms with Gasteiger partial charge < -0.3 is 21.3 Å². The van der Waals surface area contributed by atoms with E-state index in [2.05, 4.69) is 5.32 Å². The molecule has 5 N–H and O–H groups in total. The molecule has 1 unspecified atom stereocenters. The van der Waals surface area contributed by atoms with E-state index < -0.39 is 12.0 Å². The van der Waals surface area contributed by atoms with Crippen molar-refractivity contribution in [3.8, 4) is 0 Å². The van der Waals surface area contributed by atoms with E-state index in [0.717, 1.165) is 0 Å². The molecule has 0 saturated heterocycles. The van der Waals surface area contributed by atoms with Crippen molar-refractivity contribution in [3.63, 3.8) is 0 Å². The van der Waals surface area contributed by atoms with Crippen LogP contribution in [0.5, 0.6) is 0 Å². The molecule has 0 saturated carbocycles. The van der Waals surface area contributed by atoms with E-state index in [1.165, 1.54) is 0 Å². The second-order valence-corrected chi connectivity index (χ2v) is 1.85. The zero-order chi connectivity index (χ0) is 7.98. The van der Waals surface area contributed by atoms with Gasteiger partial charge >= 0.3 is 0 Å². The Morgan fingerprint density at radius 1 is 1.70 bits per heavy atom. The molecule has 0 rings (SSSR count). The van der Waals surface area contributed by atoms with Crippen molar-refractivity contribution in [3.05, 3.63) is 0 Å². The third-order valence-electron chi connectivity index (χ3n) is 0.955. The van der Waals surface area contributed by atoms with E-state index in [9.17, 15) is 4.79 Å². The van der Waals surface area contributed by atoms with Gasteiger partial charge in [0.1, 0.15) is 6.10 Å². The van der Waals surface area contributed by atoms with Crippen LogP contribution >= 0.6 is 0 Å². The second-order valence-electron chi connectivity index (χ2n) is 1.85. The van der Waals surface area contributed by atoms with Gasteiger partial charge in [0.25, 0.3) is 0 Å². The highest BCUT2D eigenvalue weighted by molar-refractivity contribution is 5.78. The number of rotatable bonds is 5. The Labute approximate surface area is 58.8 Å². The van der Waals surface area contributed by atoms with E-state index in [1.807, 2.05) is 0 Å². The topological polar surface area (TPSA) is 95.6 Å². The van der Waals surface area contributed by atoms with E-state index >= 15 is 0 Å². The summed E-state index contributed by atoms with van der Waals surface area (Å²) in [5, 5.41) is 19.6. The minimum absolute atomic E-state index is 0.0223. The van der Waals surface area contributed by atoms with Crippen molar-refractivity contribution in [1.29, 1.82) is 0 Å². The van der Waals surface area contributed by atoms with Crippen LogP contribution < -0.4 is 11.1 Å². The summed E-state index contributed by atoms with van der Waals surface area (Å²) in [5.41, 5.74) is 4.73. The molecule has 0 aromatic carbocycles. The molecule has 0 spiro atoms. The molecular weight excluding hydrogens is 136 g/mol. The van der Waals surface area contributed by atoms with Gasteiger partial charge in [0.05, 0.1) is 6.61 Å². The number of hydrogen-bond donors (Lipinski definition) is 4. The number of aliphatic hydroxyl groups is 2. The molecule has 0 aromatic rings. The molecule has 10 heavy (non-hydrogen) atoms. The van der Waals surface area contributed by atoms with Crippen LogP contribution in [0.25, 0.3) is 0 Å². The lowest BCUT2D eigenvalue weighted by molar-refractivity contribution is -0.125. The van der Waals surface area contributed by atoms with Gasteiger partial charge in [0, 0.05) is 13.1 Å². The third kappa shape index (κ3) is 4.25. The van der Waals surface area contributed by atoms with Crippen molar-refractivity contribution < 1.29 is 15.0 Å². The number of hydrogen-bond acceptors (Lipinski definition) is 4. The first kappa shape index (κ1) is 9.35. The van der Waals surface area contributed by atoms with Crippen LogP contribution in [0.2, 0.25) is 0 Å². The Bertz CT molecular complexity index is 107. The standard InChI is InChI=1S/C5H12N2O3/c6-5(10)4(9)3-7-1-2-8/h4,7-9H,1-3H2,(H2,6,10). The Hall–Kier alpha value is -0.650. The van der Waals surface area contributed by atoms with Crippen LogP contribution in [0, 0.1) is 0 Å². The first-order valence-corrected chi connectivity index (χ1v) is 2.97. The van der Waals surface area contributed by atoms with Crippen molar-refractivity contribution in [1.82, 2.24) is 5.32 Å². The normalized spacial score (nSPS) is 13.0. The van der Waals surface area contributed by atoms with Crippen molar-refractivity contribution in [2.24, 2.45) is 5.73 Å². The first-order valence-electron chi connectivity index (χ1n) is 2.97. The lowest BCUT2D eigenvalue weighted by Gasteiger charge is -2.05. The number of amides is 1. The first-order chi connectivity index (χ1) is 4.68. The molecular formula is C5H12N2O3. The molecule has 0 fully saturated rings. The Morgan fingerprint density at radius 2 is 2.30 bits per heavy atom. The number of primary amides is 1. The molecule has 0 bridgehead atoms. The molecule has 0 heterocycles. The molecule has 1 amide bonds. The fraction of sp³-hybridized carbons (Fsp3) is 0.800. The number of aliphatic hydroxyl groups excluding tert-OH is 2. The molecule has 0 radical (unpaired) electrons. The SMILES string of the molecule is NC(=O)C(O)CNCCO. The highest BCUT2D eigenvalue weighted by Crippen LogP contribution is 1.75. The zero-order valence-electron chi connectivity index (χ0n) is 5.58. The molecule has 0 aliphatic carbocycles. The largest absolute Gasteiger partial charge is 0.395 e. The number of nitrogens with one attached hydrogen (secondary N) is 1. The van der Waals surface area contributed by atoms with Crippen molar-refractivity contribution in [2.75, 3.05) is 19.7 Å². The van der Waals surface area contributed by atoms with Crippen LogP contribution in [0.4, 0.5) is 0 Å². The van der Waals surface area contributed by atoms with Crippen LogP contribution in [0.3, 0.4) is 0 Å². The van der Waals surface area contributed by atoms with E-state index in [1.54, 1.807) is 0 Å². The summed E-state index contributed by atoms with van der Waals surface area (Å²) >= 11 is 0. The van der Waals surface area contributed by atoms with Crippen molar-refractivity contribution in [2.45, 2.75) is 6.10 Å². The van der Waals surface area contributed by atoms with E-state index in [0.29, 0.717) is 6.54 Å². The number of carbonyl (C=O) groups is 1. The lowest BCUT2D eigenvalue weighted by atomic mass is 10.3. The summed E-state index contributed by atoms with van der Waals surface area (Å²) in [6.07, 6.45) is -1.16. The minimum Gasteiger partial charge on any atom is -0.395 e. The molecule has 1 atom stereocenters. The maximum atomic E-state index is 10.2. The Kier molecular flexibility index (Phi) is 4.82. The maximum absolute atomic E-state index is 10.2. The predicted octanol–water partition coefficient (Wildman–Crippen LogP) is -2.59. The smallest absolute Gasteiger partial charge is 0.247 e. The number of carbonyl (C=O) groups excluding carboxylic acids is 1. The van der Waals surface area contributed by atoms with Gasteiger partial charge in [-0.05, 0) is 0 Å². The summed E-state index contributed by atoms with van der Waals surface area (Å²) < 4.78 is 0. The van der Waals surface area contributed by atoms with Gasteiger partial charge in [-0.25, -0.2) is 0 Å². The summed E-state index contributed by atoms with van der Waals surface area (Å²) in [5.74, 6) is -0.759. The Balaban J connectivity index is 3.21. The van der Waals surface area contributed by atoms with Crippen molar-refractivity contribution >= 4 is 5.91 Å². The van der Waals surface area contributed by atoms with Crippen LogP contribution in [0.1, 0.15) is 0 Å². The quantitative estimate of drug-likeness (QED) is 0.322. The van der Waals surface area contributed by atoms with E-state index in [-0.39, 0.29) is 13.2 Å². The lowest BCUT2D eigenvalue weighted by Crippen LogP contribution is -2.38. The summed E-state index contributed by atoms with van der Waals surface area (Å²) in [6.45, 7) is 0.422. The highest BCUT2D eigenvalue weighted by atomic mass is 16.3. The van der Waals surface area contributed by atoms with Gasteiger partial charge in [-0.3, -0.25) is 4.79 Å². The fourth-order valence-electron chi connectivity index (χ4n) is 0.418. The van der Waals surface area contributed by atoms with E-state index in [4.69, 9.17) is 15.9 Å². The summed E-state index contributed by atoms with van der Waals surface area (Å²) in [4.78, 5) is 10.2. The average molecular weight is 148 g/mol. The van der Waals surface area contributed by atoms with Gasteiger partial charge in [-0.2, -0.15) is 0 Å². The van der Waals surface area contributed by atoms with Crippen LogP contribution in [-0.4, -0.2) is 41.9 Å². The zero-order valence-corrected chi connectivity index (χ0v) is 5.58. The average Bonchev–Trinajstić information content (AvgIpc) is 1.88. The molecule has 0 aliphatic rings. The molecule has 5 heteroatoms. The summed E-state index contributed by atoms with van der Waals surface area (Å²) in [7, 11) is 0.